The van der Waals surface area contributed by atoms with E-state index in [1.54, 1.807) is 0 Å². The SMILES string of the molecule is COC(=O)C=CC1(C2CCCCC2)CCN(C(=O)O)CC1. The molecule has 2 aliphatic rings. The van der Waals surface area contributed by atoms with Crippen molar-refractivity contribution in [3.05, 3.63) is 12.2 Å². The fraction of sp³-hybridized carbons (Fsp3) is 0.750. The lowest BCUT2D eigenvalue weighted by Gasteiger charge is -2.45. The van der Waals surface area contributed by atoms with Gasteiger partial charge in [0.1, 0.15) is 0 Å². The van der Waals surface area contributed by atoms with Gasteiger partial charge in [-0.25, -0.2) is 9.59 Å². The minimum atomic E-state index is -0.843. The van der Waals surface area contributed by atoms with Crippen molar-refractivity contribution in [1.82, 2.24) is 4.90 Å². The molecule has 0 unspecified atom stereocenters. The molecule has 0 aromatic heterocycles. The third kappa shape index (κ3) is 3.77. The monoisotopic (exact) mass is 295 g/mol. The van der Waals surface area contributed by atoms with E-state index < -0.39 is 6.09 Å². The van der Waals surface area contributed by atoms with Crippen molar-refractivity contribution in [2.24, 2.45) is 11.3 Å². The molecule has 1 saturated heterocycles. The highest BCUT2D eigenvalue weighted by Crippen LogP contribution is 2.46. The molecular formula is C16H25NO4. The zero-order valence-corrected chi connectivity index (χ0v) is 12.7. The van der Waals surface area contributed by atoms with Crippen molar-refractivity contribution < 1.29 is 19.4 Å². The van der Waals surface area contributed by atoms with Crippen LogP contribution in [-0.2, 0) is 9.53 Å². The summed E-state index contributed by atoms with van der Waals surface area (Å²) in [4.78, 5) is 24.0. The van der Waals surface area contributed by atoms with Crippen molar-refractivity contribution in [2.45, 2.75) is 44.9 Å². The maximum absolute atomic E-state index is 11.4. The Balaban J connectivity index is 2.13. The first kappa shape index (κ1) is 15.9. The van der Waals surface area contributed by atoms with Crippen LogP contribution in [0.3, 0.4) is 0 Å². The minimum absolute atomic E-state index is 0.0411. The second-order valence-corrected chi connectivity index (χ2v) is 6.19. The molecule has 1 amide bonds. The number of allylic oxidation sites excluding steroid dienone is 1. The summed E-state index contributed by atoms with van der Waals surface area (Å²) in [6, 6.07) is 0. The zero-order valence-electron chi connectivity index (χ0n) is 12.7. The van der Waals surface area contributed by atoms with Gasteiger partial charge in [-0.3, -0.25) is 0 Å². The van der Waals surface area contributed by atoms with E-state index in [1.807, 2.05) is 6.08 Å². The summed E-state index contributed by atoms with van der Waals surface area (Å²) >= 11 is 0. The lowest BCUT2D eigenvalue weighted by molar-refractivity contribution is -0.134. The van der Waals surface area contributed by atoms with E-state index >= 15 is 0 Å². The van der Waals surface area contributed by atoms with Gasteiger partial charge in [0.15, 0.2) is 0 Å². The maximum Gasteiger partial charge on any atom is 0.407 e. The van der Waals surface area contributed by atoms with Crippen molar-refractivity contribution in [1.29, 1.82) is 0 Å². The second-order valence-electron chi connectivity index (χ2n) is 6.19. The van der Waals surface area contributed by atoms with Crippen LogP contribution in [0.4, 0.5) is 4.79 Å². The number of nitrogens with zero attached hydrogens (tertiary/aromatic N) is 1. The van der Waals surface area contributed by atoms with Gasteiger partial charge < -0.3 is 14.7 Å². The highest BCUT2D eigenvalue weighted by Gasteiger charge is 2.40. The third-order valence-electron chi connectivity index (χ3n) is 5.14. The lowest BCUT2D eigenvalue weighted by Crippen LogP contribution is -2.45. The Kier molecular flexibility index (Phi) is 5.26. The largest absolute Gasteiger partial charge is 0.466 e. The van der Waals surface area contributed by atoms with Crippen LogP contribution in [0.2, 0.25) is 0 Å². The Morgan fingerprint density at radius 3 is 2.33 bits per heavy atom. The summed E-state index contributed by atoms with van der Waals surface area (Å²) in [7, 11) is 1.38. The number of rotatable bonds is 3. The van der Waals surface area contributed by atoms with Crippen LogP contribution in [0, 0.1) is 11.3 Å². The minimum Gasteiger partial charge on any atom is -0.466 e. The van der Waals surface area contributed by atoms with E-state index in [-0.39, 0.29) is 11.4 Å². The molecule has 2 fully saturated rings. The molecule has 1 aliphatic carbocycles. The summed E-state index contributed by atoms with van der Waals surface area (Å²) < 4.78 is 4.70. The van der Waals surface area contributed by atoms with Crippen LogP contribution in [0.15, 0.2) is 12.2 Å². The number of carbonyl (C=O) groups is 2. The Bertz CT molecular complexity index is 405. The number of esters is 1. The second kappa shape index (κ2) is 6.96. The average Bonchev–Trinajstić information content (AvgIpc) is 2.53. The van der Waals surface area contributed by atoms with E-state index in [1.165, 1.54) is 50.2 Å². The molecule has 5 nitrogen and oxygen atoms in total. The van der Waals surface area contributed by atoms with Gasteiger partial charge in [-0.15, -0.1) is 0 Å². The van der Waals surface area contributed by atoms with Gasteiger partial charge in [0.2, 0.25) is 0 Å². The van der Waals surface area contributed by atoms with Crippen LogP contribution < -0.4 is 0 Å². The zero-order chi connectivity index (χ0) is 15.3. The van der Waals surface area contributed by atoms with Gasteiger partial charge >= 0.3 is 12.1 Å². The maximum atomic E-state index is 11.4. The molecule has 0 atom stereocenters. The number of hydrogen-bond acceptors (Lipinski definition) is 3. The summed E-state index contributed by atoms with van der Waals surface area (Å²) in [5.74, 6) is 0.231. The number of amides is 1. The number of hydrogen-bond donors (Lipinski definition) is 1. The highest BCUT2D eigenvalue weighted by atomic mass is 16.5. The predicted octanol–water partition coefficient (Wildman–Crippen LogP) is 3.06. The molecule has 0 spiro atoms. The Hall–Kier alpha value is -1.52. The predicted molar refractivity (Wildman–Crippen MR) is 79.0 cm³/mol. The normalized spacial score (nSPS) is 23.2. The average molecular weight is 295 g/mol. The number of piperidine rings is 1. The number of likely N-dealkylation sites (tertiary alicyclic amines) is 1. The van der Waals surface area contributed by atoms with E-state index in [0.717, 1.165) is 12.8 Å². The fourth-order valence-corrected chi connectivity index (χ4v) is 3.80. The van der Waals surface area contributed by atoms with E-state index in [9.17, 15) is 9.59 Å². The van der Waals surface area contributed by atoms with Crippen LogP contribution in [0.1, 0.15) is 44.9 Å². The van der Waals surface area contributed by atoms with Gasteiger partial charge in [-0.05, 0) is 37.0 Å². The highest BCUT2D eigenvalue weighted by molar-refractivity contribution is 5.81. The Morgan fingerprint density at radius 1 is 1.19 bits per heavy atom. The van der Waals surface area contributed by atoms with Crippen molar-refractivity contribution >= 4 is 12.1 Å². The molecule has 1 aliphatic heterocycles. The number of carbonyl (C=O) groups excluding carboxylic acids is 1. The molecule has 118 valence electrons. The molecule has 0 bridgehead atoms. The third-order valence-corrected chi connectivity index (χ3v) is 5.14. The van der Waals surface area contributed by atoms with Crippen LogP contribution >= 0.6 is 0 Å². The van der Waals surface area contributed by atoms with Crippen LogP contribution in [-0.4, -0.2) is 42.3 Å². The first-order chi connectivity index (χ1) is 10.1. The van der Waals surface area contributed by atoms with E-state index in [0.29, 0.717) is 19.0 Å². The smallest absolute Gasteiger partial charge is 0.407 e. The lowest BCUT2D eigenvalue weighted by atomic mass is 9.63. The first-order valence-corrected chi connectivity index (χ1v) is 7.82. The molecular weight excluding hydrogens is 270 g/mol. The topological polar surface area (TPSA) is 66.8 Å². The van der Waals surface area contributed by atoms with Crippen molar-refractivity contribution in [3.8, 4) is 0 Å². The Labute approximate surface area is 126 Å². The molecule has 1 heterocycles. The summed E-state index contributed by atoms with van der Waals surface area (Å²) in [6.45, 7) is 1.11. The summed E-state index contributed by atoms with van der Waals surface area (Å²) in [6.07, 6.45) is 10.4. The number of ether oxygens (including phenoxy) is 1. The summed E-state index contributed by atoms with van der Waals surface area (Å²) in [5.41, 5.74) is -0.0411. The number of carboxylic acid groups (broad SMARTS) is 1. The molecule has 0 radical (unpaired) electrons. The number of methoxy groups -OCH3 is 1. The van der Waals surface area contributed by atoms with Gasteiger partial charge in [0.25, 0.3) is 0 Å². The van der Waals surface area contributed by atoms with Crippen molar-refractivity contribution in [3.63, 3.8) is 0 Å². The quantitative estimate of drug-likeness (QED) is 0.642. The molecule has 0 aromatic carbocycles. The van der Waals surface area contributed by atoms with Crippen LogP contribution in [0.25, 0.3) is 0 Å². The van der Waals surface area contributed by atoms with Gasteiger partial charge in [-0.1, -0.05) is 25.3 Å². The molecule has 21 heavy (non-hydrogen) atoms. The summed E-state index contributed by atoms with van der Waals surface area (Å²) in [5, 5.41) is 9.11. The van der Waals surface area contributed by atoms with Crippen LogP contribution in [0.5, 0.6) is 0 Å². The fourth-order valence-electron chi connectivity index (χ4n) is 3.80. The standard InChI is InChI=1S/C16H25NO4/c1-21-14(18)7-8-16(13-5-3-2-4-6-13)9-11-17(12-10-16)15(19)20/h7-8,13H,2-6,9-12H2,1H3,(H,19,20). The molecule has 1 N–H and O–H groups in total. The van der Waals surface area contributed by atoms with E-state index in [2.05, 4.69) is 0 Å². The van der Waals surface area contributed by atoms with Gasteiger partial charge in [0, 0.05) is 19.2 Å². The van der Waals surface area contributed by atoms with E-state index in [4.69, 9.17) is 9.84 Å². The van der Waals surface area contributed by atoms with Gasteiger partial charge in [0.05, 0.1) is 7.11 Å². The molecule has 5 heteroatoms. The first-order valence-electron chi connectivity index (χ1n) is 7.82. The molecule has 0 aromatic rings. The molecule has 2 rings (SSSR count). The molecule has 1 saturated carbocycles. The van der Waals surface area contributed by atoms with Crippen molar-refractivity contribution in [2.75, 3.05) is 20.2 Å². The van der Waals surface area contributed by atoms with Gasteiger partial charge in [-0.2, -0.15) is 0 Å². The Morgan fingerprint density at radius 2 is 1.81 bits per heavy atom.